The lowest BCUT2D eigenvalue weighted by Gasteiger charge is -2.68. The lowest BCUT2D eigenvalue weighted by molar-refractivity contribution is -0.332. The molecule has 7 heteroatoms. The fourth-order valence-corrected chi connectivity index (χ4v) is 7.86. The van der Waals surface area contributed by atoms with Crippen molar-refractivity contribution in [3.05, 3.63) is 11.6 Å². The first-order chi connectivity index (χ1) is 13.8. The van der Waals surface area contributed by atoms with Crippen LogP contribution < -0.4 is 0 Å². The standard InChI is InChI=1S/C23H36O7/c1-12(24)16-7-10-23(29)21(16,4)19(27)17(30-13(2)25)18-20(3)8-6-15(26)11-14(20)5-9-22(18,23)28/h5,12,15-19,24,26-29H,6-11H2,1-4H3/t12-,15+,16-,17+,18-,19-,20+,21+,22+,23-/m1/s1. The molecule has 170 valence electrons. The van der Waals surface area contributed by atoms with E-state index in [-0.39, 0.29) is 12.8 Å². The third-order valence-corrected chi connectivity index (χ3v) is 9.38. The summed E-state index contributed by atoms with van der Waals surface area (Å²) in [6.07, 6.45) is 0.809. The van der Waals surface area contributed by atoms with Crippen molar-refractivity contribution in [3.63, 3.8) is 0 Å². The van der Waals surface area contributed by atoms with Crippen LogP contribution >= 0.6 is 0 Å². The summed E-state index contributed by atoms with van der Waals surface area (Å²) in [4.78, 5) is 12.1. The van der Waals surface area contributed by atoms with Crippen LogP contribution in [0.4, 0.5) is 0 Å². The van der Waals surface area contributed by atoms with Crippen LogP contribution in [-0.2, 0) is 9.53 Å². The molecule has 0 aromatic heterocycles. The summed E-state index contributed by atoms with van der Waals surface area (Å²) >= 11 is 0. The maximum atomic E-state index is 12.2. The summed E-state index contributed by atoms with van der Waals surface area (Å²) in [6, 6.07) is 0. The van der Waals surface area contributed by atoms with Crippen LogP contribution in [0.5, 0.6) is 0 Å². The molecule has 0 heterocycles. The molecule has 0 bridgehead atoms. The Morgan fingerprint density at radius 2 is 1.87 bits per heavy atom. The van der Waals surface area contributed by atoms with E-state index in [0.717, 1.165) is 5.57 Å². The van der Waals surface area contributed by atoms with Gasteiger partial charge in [0.25, 0.3) is 0 Å². The van der Waals surface area contributed by atoms with Crippen LogP contribution in [0.1, 0.15) is 66.2 Å². The third kappa shape index (κ3) is 2.53. The minimum atomic E-state index is -1.65. The molecule has 5 N–H and O–H groups in total. The molecule has 7 nitrogen and oxygen atoms in total. The topological polar surface area (TPSA) is 127 Å². The van der Waals surface area contributed by atoms with Gasteiger partial charge in [0.1, 0.15) is 17.3 Å². The zero-order valence-corrected chi connectivity index (χ0v) is 18.3. The van der Waals surface area contributed by atoms with Gasteiger partial charge in [-0.05, 0) is 56.8 Å². The van der Waals surface area contributed by atoms with Gasteiger partial charge >= 0.3 is 5.97 Å². The number of ether oxygens (including phenoxy) is 1. The molecule has 4 aliphatic carbocycles. The largest absolute Gasteiger partial charge is 0.459 e. The summed E-state index contributed by atoms with van der Waals surface area (Å²) in [7, 11) is 0. The van der Waals surface area contributed by atoms with E-state index in [9.17, 15) is 30.3 Å². The number of rotatable bonds is 2. The van der Waals surface area contributed by atoms with E-state index in [1.807, 2.05) is 13.0 Å². The summed E-state index contributed by atoms with van der Waals surface area (Å²) in [5.41, 5.74) is -4.18. The molecule has 30 heavy (non-hydrogen) atoms. The molecule has 3 fully saturated rings. The monoisotopic (exact) mass is 424 g/mol. The maximum absolute atomic E-state index is 12.2. The first-order valence-electron chi connectivity index (χ1n) is 11.2. The number of aliphatic hydroxyl groups is 5. The van der Waals surface area contributed by atoms with E-state index in [1.54, 1.807) is 13.8 Å². The molecule has 0 saturated heterocycles. The van der Waals surface area contributed by atoms with Gasteiger partial charge in [-0.3, -0.25) is 4.79 Å². The molecule has 0 aliphatic heterocycles. The number of carbonyl (C=O) groups excluding carboxylic acids is 1. The van der Waals surface area contributed by atoms with Gasteiger partial charge in [-0.2, -0.15) is 0 Å². The zero-order valence-electron chi connectivity index (χ0n) is 18.3. The molecular weight excluding hydrogens is 388 g/mol. The summed E-state index contributed by atoms with van der Waals surface area (Å²) in [6.45, 7) is 6.60. The van der Waals surface area contributed by atoms with Crippen molar-refractivity contribution in [3.8, 4) is 0 Å². The van der Waals surface area contributed by atoms with E-state index in [1.165, 1.54) is 6.92 Å². The Balaban J connectivity index is 1.93. The average Bonchev–Trinajstić information content (AvgIpc) is 2.94. The van der Waals surface area contributed by atoms with Crippen molar-refractivity contribution in [2.45, 2.75) is 102 Å². The average molecular weight is 425 g/mol. The van der Waals surface area contributed by atoms with Gasteiger partial charge in [-0.15, -0.1) is 0 Å². The highest BCUT2D eigenvalue weighted by Crippen LogP contribution is 2.70. The molecule has 0 amide bonds. The molecule has 3 saturated carbocycles. The molecule has 0 spiro atoms. The van der Waals surface area contributed by atoms with Crippen LogP contribution in [-0.4, -0.2) is 67.1 Å². The quantitative estimate of drug-likeness (QED) is 0.331. The Morgan fingerprint density at radius 1 is 1.20 bits per heavy atom. The highest BCUT2D eigenvalue weighted by molar-refractivity contribution is 5.66. The van der Waals surface area contributed by atoms with Gasteiger partial charge in [0.15, 0.2) is 0 Å². The van der Waals surface area contributed by atoms with Gasteiger partial charge < -0.3 is 30.3 Å². The highest BCUT2D eigenvalue weighted by atomic mass is 16.6. The van der Waals surface area contributed by atoms with Gasteiger partial charge in [-0.1, -0.05) is 25.5 Å². The molecule has 0 aromatic carbocycles. The lowest BCUT2D eigenvalue weighted by Crippen LogP contribution is -2.80. The van der Waals surface area contributed by atoms with Crippen molar-refractivity contribution in [2.24, 2.45) is 22.7 Å². The Hall–Kier alpha value is -0.990. The summed E-state index contributed by atoms with van der Waals surface area (Å²) < 4.78 is 5.69. The summed E-state index contributed by atoms with van der Waals surface area (Å²) in [5, 5.41) is 56.6. The van der Waals surface area contributed by atoms with Crippen LogP contribution in [0.3, 0.4) is 0 Å². The highest BCUT2D eigenvalue weighted by Gasteiger charge is 2.79. The molecule has 0 unspecified atom stereocenters. The maximum Gasteiger partial charge on any atom is 0.303 e. The number of esters is 1. The first kappa shape index (κ1) is 22.2. The van der Waals surface area contributed by atoms with Gasteiger partial charge in [-0.25, -0.2) is 0 Å². The molecule has 0 aromatic rings. The van der Waals surface area contributed by atoms with E-state index in [0.29, 0.717) is 25.7 Å². The van der Waals surface area contributed by atoms with Crippen molar-refractivity contribution >= 4 is 5.97 Å². The van der Waals surface area contributed by atoms with Gasteiger partial charge in [0, 0.05) is 18.3 Å². The fraction of sp³-hybridized carbons (Fsp3) is 0.870. The second-order valence-electron chi connectivity index (χ2n) is 10.7. The van der Waals surface area contributed by atoms with Crippen molar-refractivity contribution in [1.29, 1.82) is 0 Å². The SMILES string of the molecule is CC(=O)O[C@@H]1[C@@H](O)[C@]2(C)[C@@H]([C@@H](C)O)CC[C@]2(O)[C@]2(O)CC=C3C[C@@H](O)CC[C@]3(C)[C@@H]12. The minimum Gasteiger partial charge on any atom is -0.459 e. The first-order valence-corrected chi connectivity index (χ1v) is 11.2. The van der Waals surface area contributed by atoms with E-state index < -0.39 is 64.3 Å². The third-order valence-electron chi connectivity index (χ3n) is 9.38. The van der Waals surface area contributed by atoms with Gasteiger partial charge in [0.05, 0.1) is 18.3 Å². The number of fused-ring (bicyclic) bond motifs is 5. The second kappa shape index (κ2) is 6.75. The van der Waals surface area contributed by atoms with Crippen LogP contribution in [0.15, 0.2) is 11.6 Å². The van der Waals surface area contributed by atoms with Crippen molar-refractivity contribution in [2.75, 3.05) is 0 Å². The molecule has 4 rings (SSSR count). The number of aliphatic hydroxyl groups excluding tert-OH is 3. The minimum absolute atomic E-state index is 0.151. The Kier molecular flexibility index (Phi) is 5.00. The number of hydrogen-bond acceptors (Lipinski definition) is 7. The van der Waals surface area contributed by atoms with E-state index in [2.05, 4.69) is 0 Å². The second-order valence-corrected chi connectivity index (χ2v) is 10.7. The van der Waals surface area contributed by atoms with Crippen LogP contribution in [0.2, 0.25) is 0 Å². The van der Waals surface area contributed by atoms with Crippen LogP contribution in [0, 0.1) is 22.7 Å². The Morgan fingerprint density at radius 3 is 2.47 bits per heavy atom. The fourth-order valence-electron chi connectivity index (χ4n) is 7.86. The van der Waals surface area contributed by atoms with Crippen LogP contribution in [0.25, 0.3) is 0 Å². The molecule has 10 atom stereocenters. The number of carbonyl (C=O) groups is 1. The smallest absolute Gasteiger partial charge is 0.303 e. The van der Waals surface area contributed by atoms with Gasteiger partial charge in [0.2, 0.25) is 0 Å². The Labute approximate surface area is 177 Å². The predicted molar refractivity (Wildman–Crippen MR) is 108 cm³/mol. The predicted octanol–water partition coefficient (Wildman–Crippen LogP) is 1.05. The lowest BCUT2D eigenvalue weighted by atomic mass is 9.42. The molecule has 0 radical (unpaired) electrons. The molecular formula is C23H36O7. The van der Waals surface area contributed by atoms with Crippen molar-refractivity contribution in [1.82, 2.24) is 0 Å². The number of hydrogen-bond donors (Lipinski definition) is 5. The summed E-state index contributed by atoms with van der Waals surface area (Å²) in [5.74, 6) is -1.73. The van der Waals surface area contributed by atoms with E-state index >= 15 is 0 Å². The van der Waals surface area contributed by atoms with E-state index in [4.69, 9.17) is 4.74 Å². The van der Waals surface area contributed by atoms with Crippen molar-refractivity contribution < 1.29 is 35.1 Å². The molecule has 4 aliphatic rings. The Bertz CT molecular complexity index is 765. The normalized spacial score (nSPS) is 53.8. The zero-order chi connectivity index (χ0) is 22.3.